The summed E-state index contributed by atoms with van der Waals surface area (Å²) < 4.78 is 0. The van der Waals surface area contributed by atoms with Gasteiger partial charge in [0.05, 0.1) is 5.56 Å². The Morgan fingerprint density at radius 1 is 1.05 bits per heavy atom. The van der Waals surface area contributed by atoms with Crippen molar-refractivity contribution in [3.63, 3.8) is 0 Å². The van der Waals surface area contributed by atoms with E-state index in [0.717, 1.165) is 23.2 Å². The fourth-order valence-electron chi connectivity index (χ4n) is 2.23. The molecule has 0 radical (unpaired) electrons. The molecule has 3 heteroatoms. The van der Waals surface area contributed by atoms with E-state index in [4.69, 9.17) is 0 Å². The van der Waals surface area contributed by atoms with Gasteiger partial charge in [-0.3, -0.25) is 4.79 Å². The number of nitrogens with one attached hydrogen (secondary N) is 2. The lowest BCUT2D eigenvalue weighted by Gasteiger charge is -2.11. The van der Waals surface area contributed by atoms with Gasteiger partial charge in [-0.15, -0.1) is 0 Å². The van der Waals surface area contributed by atoms with E-state index < -0.39 is 0 Å². The summed E-state index contributed by atoms with van der Waals surface area (Å²) >= 11 is 0. The van der Waals surface area contributed by atoms with Crippen molar-refractivity contribution in [2.45, 2.75) is 26.8 Å². The molecule has 110 valence electrons. The first-order valence-electron chi connectivity index (χ1n) is 7.28. The molecule has 0 unspecified atom stereocenters. The number of carbonyl (C=O) groups excluding carboxylic acids is 1. The summed E-state index contributed by atoms with van der Waals surface area (Å²) in [6.45, 7) is 4.66. The number of aryl methyl sites for hydroxylation is 2. The Hall–Kier alpha value is -2.29. The van der Waals surface area contributed by atoms with E-state index in [-0.39, 0.29) is 5.91 Å². The molecule has 0 bridgehead atoms. The van der Waals surface area contributed by atoms with Crippen LogP contribution in [-0.4, -0.2) is 13.0 Å². The summed E-state index contributed by atoms with van der Waals surface area (Å²) in [6, 6.07) is 14.2. The van der Waals surface area contributed by atoms with Crippen LogP contribution in [0.2, 0.25) is 0 Å². The second kappa shape index (κ2) is 6.93. The van der Waals surface area contributed by atoms with Gasteiger partial charge in [0.25, 0.3) is 5.91 Å². The van der Waals surface area contributed by atoms with Gasteiger partial charge in [0.2, 0.25) is 0 Å². The topological polar surface area (TPSA) is 41.1 Å². The van der Waals surface area contributed by atoms with Crippen molar-refractivity contribution >= 4 is 11.6 Å². The fourth-order valence-corrected chi connectivity index (χ4v) is 2.23. The Morgan fingerprint density at radius 3 is 2.33 bits per heavy atom. The maximum atomic E-state index is 12.3. The molecule has 0 saturated heterocycles. The summed E-state index contributed by atoms with van der Waals surface area (Å²) in [6.07, 6.45) is 1.03. The number of hydrogen-bond donors (Lipinski definition) is 2. The Bertz CT molecular complexity index is 618. The van der Waals surface area contributed by atoms with E-state index in [2.05, 4.69) is 41.8 Å². The summed E-state index contributed by atoms with van der Waals surface area (Å²) in [7, 11) is 1.82. The first kappa shape index (κ1) is 15.1. The Morgan fingerprint density at radius 2 is 1.71 bits per heavy atom. The fraction of sp³-hybridized carbons (Fsp3) is 0.278. The maximum Gasteiger partial charge on any atom is 0.253 e. The predicted octanol–water partition coefficient (Wildman–Crippen LogP) is 3.53. The van der Waals surface area contributed by atoms with E-state index >= 15 is 0 Å². The second-order valence-electron chi connectivity index (χ2n) is 5.15. The zero-order valence-electron chi connectivity index (χ0n) is 12.9. The van der Waals surface area contributed by atoms with E-state index in [9.17, 15) is 4.79 Å². The van der Waals surface area contributed by atoms with Gasteiger partial charge >= 0.3 is 0 Å². The molecule has 2 aromatic carbocycles. The molecule has 0 fully saturated rings. The molecule has 0 atom stereocenters. The third-order valence-corrected chi connectivity index (χ3v) is 3.57. The lowest BCUT2D eigenvalue weighted by molar-refractivity contribution is 0.0951. The second-order valence-corrected chi connectivity index (χ2v) is 5.15. The van der Waals surface area contributed by atoms with Gasteiger partial charge in [-0.25, -0.2) is 0 Å². The van der Waals surface area contributed by atoms with Crippen molar-refractivity contribution in [1.82, 2.24) is 5.32 Å². The molecular weight excluding hydrogens is 260 g/mol. The first-order chi connectivity index (χ1) is 10.1. The van der Waals surface area contributed by atoms with E-state index in [1.807, 2.05) is 32.2 Å². The zero-order valence-corrected chi connectivity index (χ0v) is 12.9. The van der Waals surface area contributed by atoms with Crippen LogP contribution < -0.4 is 10.6 Å². The van der Waals surface area contributed by atoms with Crippen molar-refractivity contribution in [1.29, 1.82) is 0 Å². The lowest BCUT2D eigenvalue weighted by Crippen LogP contribution is -2.23. The van der Waals surface area contributed by atoms with Gasteiger partial charge in [0.15, 0.2) is 0 Å². The van der Waals surface area contributed by atoms with Gasteiger partial charge < -0.3 is 10.6 Å². The van der Waals surface area contributed by atoms with Crippen LogP contribution in [0.25, 0.3) is 0 Å². The smallest absolute Gasteiger partial charge is 0.253 e. The molecule has 0 saturated carbocycles. The SMILES string of the molecule is CCc1ccc(CNC(=O)c2cc(C)ccc2NC)cc1. The molecule has 0 aliphatic rings. The minimum atomic E-state index is -0.0531. The van der Waals surface area contributed by atoms with Gasteiger partial charge in [-0.2, -0.15) is 0 Å². The monoisotopic (exact) mass is 282 g/mol. The van der Waals surface area contributed by atoms with E-state index in [1.54, 1.807) is 0 Å². The van der Waals surface area contributed by atoms with Crippen LogP contribution >= 0.6 is 0 Å². The van der Waals surface area contributed by atoms with Gasteiger partial charge in [0.1, 0.15) is 0 Å². The Labute approximate surface area is 126 Å². The average Bonchev–Trinajstić information content (AvgIpc) is 2.53. The highest BCUT2D eigenvalue weighted by molar-refractivity contribution is 5.99. The molecular formula is C18H22N2O. The van der Waals surface area contributed by atoms with Crippen LogP contribution in [0.4, 0.5) is 5.69 Å². The summed E-state index contributed by atoms with van der Waals surface area (Å²) in [5, 5.41) is 6.03. The molecule has 2 aromatic rings. The largest absolute Gasteiger partial charge is 0.387 e. The number of benzene rings is 2. The minimum Gasteiger partial charge on any atom is -0.387 e. The molecule has 0 aromatic heterocycles. The molecule has 0 spiro atoms. The van der Waals surface area contributed by atoms with E-state index in [0.29, 0.717) is 12.1 Å². The lowest BCUT2D eigenvalue weighted by atomic mass is 10.1. The summed E-state index contributed by atoms with van der Waals surface area (Å²) in [4.78, 5) is 12.3. The molecule has 1 amide bonds. The van der Waals surface area contributed by atoms with Crippen molar-refractivity contribution in [3.8, 4) is 0 Å². The molecule has 0 aliphatic carbocycles. The normalized spacial score (nSPS) is 10.2. The molecule has 21 heavy (non-hydrogen) atoms. The third-order valence-electron chi connectivity index (χ3n) is 3.57. The number of hydrogen-bond acceptors (Lipinski definition) is 2. The summed E-state index contributed by atoms with van der Waals surface area (Å²) in [5.41, 5.74) is 5.02. The first-order valence-corrected chi connectivity index (χ1v) is 7.28. The van der Waals surface area contributed by atoms with Crippen molar-refractivity contribution < 1.29 is 4.79 Å². The Balaban J connectivity index is 2.05. The van der Waals surface area contributed by atoms with E-state index in [1.165, 1.54) is 5.56 Å². The van der Waals surface area contributed by atoms with Crippen LogP contribution in [0.5, 0.6) is 0 Å². The maximum absolute atomic E-state index is 12.3. The molecule has 2 rings (SSSR count). The Kier molecular flexibility index (Phi) is 4.99. The summed E-state index contributed by atoms with van der Waals surface area (Å²) in [5.74, 6) is -0.0531. The highest BCUT2D eigenvalue weighted by Gasteiger charge is 2.10. The number of rotatable bonds is 5. The molecule has 0 aliphatic heterocycles. The molecule has 0 heterocycles. The van der Waals surface area contributed by atoms with Crippen LogP contribution in [0.1, 0.15) is 34.0 Å². The number of amides is 1. The quantitative estimate of drug-likeness (QED) is 0.881. The van der Waals surface area contributed by atoms with Crippen molar-refractivity contribution in [3.05, 3.63) is 64.7 Å². The van der Waals surface area contributed by atoms with Crippen molar-refractivity contribution in [2.24, 2.45) is 0 Å². The third kappa shape index (κ3) is 3.85. The predicted molar refractivity (Wildman–Crippen MR) is 87.7 cm³/mol. The number of anilines is 1. The number of carbonyl (C=O) groups is 1. The van der Waals surface area contributed by atoms with Gasteiger partial charge in [-0.1, -0.05) is 42.8 Å². The van der Waals surface area contributed by atoms with Crippen molar-refractivity contribution in [2.75, 3.05) is 12.4 Å². The van der Waals surface area contributed by atoms with Crippen LogP contribution in [0.3, 0.4) is 0 Å². The zero-order chi connectivity index (χ0) is 15.2. The standard InChI is InChI=1S/C18H22N2O/c1-4-14-6-8-15(9-7-14)12-20-18(21)16-11-13(2)5-10-17(16)19-3/h5-11,19H,4,12H2,1-3H3,(H,20,21). The van der Waals surface area contributed by atoms with Crippen LogP contribution in [0.15, 0.2) is 42.5 Å². The molecule has 3 nitrogen and oxygen atoms in total. The van der Waals surface area contributed by atoms with Gasteiger partial charge in [-0.05, 0) is 36.6 Å². The van der Waals surface area contributed by atoms with Gasteiger partial charge in [0, 0.05) is 19.3 Å². The highest BCUT2D eigenvalue weighted by Crippen LogP contribution is 2.17. The molecule has 2 N–H and O–H groups in total. The van der Waals surface area contributed by atoms with Crippen LogP contribution in [0, 0.1) is 6.92 Å². The van der Waals surface area contributed by atoms with Crippen LogP contribution in [-0.2, 0) is 13.0 Å². The average molecular weight is 282 g/mol. The highest BCUT2D eigenvalue weighted by atomic mass is 16.1. The minimum absolute atomic E-state index is 0.0531.